The number of hydrogen-bond donors (Lipinski definition) is 2. The molecule has 1 atom stereocenters. The summed E-state index contributed by atoms with van der Waals surface area (Å²) in [7, 11) is 0. The molecule has 2 aromatic heterocycles. The molecule has 3 N–H and O–H groups in total. The fourth-order valence-electron chi connectivity index (χ4n) is 2.06. The third kappa shape index (κ3) is 2.75. The summed E-state index contributed by atoms with van der Waals surface area (Å²) in [6, 6.07) is 4.08. The van der Waals surface area contributed by atoms with Crippen LogP contribution >= 0.6 is 0 Å². The Balaban J connectivity index is 2.20. The van der Waals surface area contributed by atoms with Crippen molar-refractivity contribution in [3.8, 4) is 0 Å². The highest BCUT2D eigenvalue weighted by molar-refractivity contribution is 5.20. The summed E-state index contributed by atoms with van der Waals surface area (Å²) in [5.41, 5.74) is 4.98. The van der Waals surface area contributed by atoms with E-state index in [0.717, 1.165) is 30.0 Å². The van der Waals surface area contributed by atoms with E-state index in [1.165, 1.54) is 0 Å². The molecule has 0 radical (unpaired) electrons. The molecule has 0 fully saturated rings. The molecular weight excluding hydrogens is 226 g/mol. The summed E-state index contributed by atoms with van der Waals surface area (Å²) < 4.78 is 2.12. The first kappa shape index (κ1) is 12.7. The van der Waals surface area contributed by atoms with Gasteiger partial charge in [-0.3, -0.25) is 16.3 Å². The van der Waals surface area contributed by atoms with Crippen molar-refractivity contribution in [2.75, 3.05) is 0 Å². The second-order valence-electron chi connectivity index (χ2n) is 4.28. The van der Waals surface area contributed by atoms with Gasteiger partial charge in [0, 0.05) is 37.3 Å². The first-order valence-electron chi connectivity index (χ1n) is 6.13. The number of nitrogens with one attached hydrogen (secondary N) is 1. The van der Waals surface area contributed by atoms with E-state index in [0.29, 0.717) is 0 Å². The van der Waals surface area contributed by atoms with Gasteiger partial charge in [0.15, 0.2) is 0 Å². The van der Waals surface area contributed by atoms with Crippen LogP contribution in [0.3, 0.4) is 0 Å². The smallest absolute Gasteiger partial charge is 0.110 e. The third-order valence-corrected chi connectivity index (χ3v) is 3.05. The quantitative estimate of drug-likeness (QED) is 0.616. The van der Waals surface area contributed by atoms with Crippen molar-refractivity contribution < 1.29 is 0 Å². The molecule has 0 spiro atoms. The Morgan fingerprint density at radius 3 is 2.89 bits per heavy atom. The van der Waals surface area contributed by atoms with Crippen LogP contribution in [0.2, 0.25) is 0 Å². The number of hydrazine groups is 1. The second-order valence-corrected chi connectivity index (χ2v) is 4.28. The molecule has 0 amide bonds. The number of pyridine rings is 1. The maximum atomic E-state index is 5.66. The van der Waals surface area contributed by atoms with Crippen LogP contribution in [0, 0.1) is 6.92 Å². The van der Waals surface area contributed by atoms with E-state index in [9.17, 15) is 0 Å². The van der Waals surface area contributed by atoms with Crippen LogP contribution in [0.5, 0.6) is 0 Å². The van der Waals surface area contributed by atoms with Gasteiger partial charge in [0.2, 0.25) is 0 Å². The van der Waals surface area contributed by atoms with Gasteiger partial charge in [0.05, 0.1) is 6.04 Å². The van der Waals surface area contributed by atoms with Crippen LogP contribution in [0.25, 0.3) is 0 Å². The number of aryl methyl sites for hydroxylation is 2. The van der Waals surface area contributed by atoms with Gasteiger partial charge in [-0.1, -0.05) is 0 Å². The summed E-state index contributed by atoms with van der Waals surface area (Å²) in [6.07, 6.45) is 6.38. The number of imidazole rings is 1. The van der Waals surface area contributed by atoms with Gasteiger partial charge in [0.25, 0.3) is 0 Å². The first-order valence-corrected chi connectivity index (χ1v) is 6.13. The summed E-state index contributed by atoms with van der Waals surface area (Å²) in [4.78, 5) is 8.57. The number of nitrogens with zero attached hydrogens (tertiary/aromatic N) is 3. The highest BCUT2D eigenvalue weighted by Gasteiger charge is 2.13. The minimum atomic E-state index is 0.0550. The van der Waals surface area contributed by atoms with Gasteiger partial charge < -0.3 is 4.57 Å². The van der Waals surface area contributed by atoms with E-state index < -0.39 is 0 Å². The van der Waals surface area contributed by atoms with Crippen LogP contribution < -0.4 is 11.3 Å². The van der Waals surface area contributed by atoms with E-state index in [2.05, 4.69) is 26.9 Å². The fraction of sp³-hybridized carbons (Fsp3) is 0.385. The van der Waals surface area contributed by atoms with Crippen molar-refractivity contribution in [1.82, 2.24) is 20.0 Å². The zero-order chi connectivity index (χ0) is 13.0. The van der Waals surface area contributed by atoms with Crippen molar-refractivity contribution in [1.29, 1.82) is 0 Å². The van der Waals surface area contributed by atoms with Gasteiger partial charge in [-0.05, 0) is 31.5 Å². The van der Waals surface area contributed by atoms with Crippen molar-refractivity contribution >= 4 is 0 Å². The Bertz CT molecular complexity index is 506. The molecule has 2 rings (SSSR count). The van der Waals surface area contributed by atoms with E-state index in [-0.39, 0.29) is 6.04 Å². The maximum absolute atomic E-state index is 5.66. The second kappa shape index (κ2) is 5.75. The third-order valence-electron chi connectivity index (χ3n) is 3.05. The fourth-order valence-corrected chi connectivity index (χ4v) is 2.06. The average Bonchev–Trinajstić information content (AvgIpc) is 2.83. The topological polar surface area (TPSA) is 68.8 Å². The molecule has 1 unspecified atom stereocenters. The Morgan fingerprint density at radius 1 is 1.39 bits per heavy atom. The van der Waals surface area contributed by atoms with Gasteiger partial charge in [-0.2, -0.15) is 0 Å². The molecule has 0 aliphatic heterocycles. The molecule has 0 bridgehead atoms. The number of aromatic nitrogens is 3. The highest BCUT2D eigenvalue weighted by atomic mass is 15.2. The lowest BCUT2D eigenvalue weighted by molar-refractivity contribution is 0.522. The van der Waals surface area contributed by atoms with Crippen LogP contribution in [0.4, 0.5) is 0 Å². The molecule has 0 aliphatic rings. The molecule has 0 aliphatic carbocycles. The SMILES string of the molecule is CCn1ccnc1CC(NN)c1ccnc(C)c1. The molecule has 18 heavy (non-hydrogen) atoms. The summed E-state index contributed by atoms with van der Waals surface area (Å²) in [5, 5.41) is 0. The predicted octanol–water partition coefficient (Wildman–Crippen LogP) is 1.35. The minimum Gasteiger partial charge on any atom is -0.335 e. The monoisotopic (exact) mass is 245 g/mol. The van der Waals surface area contributed by atoms with Crippen molar-refractivity contribution in [2.24, 2.45) is 5.84 Å². The maximum Gasteiger partial charge on any atom is 0.110 e. The van der Waals surface area contributed by atoms with E-state index in [1.807, 2.05) is 31.5 Å². The Morgan fingerprint density at radius 2 is 2.22 bits per heavy atom. The van der Waals surface area contributed by atoms with Gasteiger partial charge in [-0.15, -0.1) is 0 Å². The standard InChI is InChI=1S/C13H19N5/c1-3-18-7-6-16-13(18)9-12(17-14)11-4-5-15-10(2)8-11/h4-8,12,17H,3,9,14H2,1-2H3. The van der Waals surface area contributed by atoms with Crippen LogP contribution in [0.15, 0.2) is 30.7 Å². The molecule has 96 valence electrons. The molecule has 0 aromatic carbocycles. The Hall–Kier alpha value is -1.72. The molecule has 5 heteroatoms. The van der Waals surface area contributed by atoms with E-state index in [1.54, 1.807) is 6.20 Å². The number of rotatable bonds is 5. The lowest BCUT2D eigenvalue weighted by Crippen LogP contribution is -2.30. The van der Waals surface area contributed by atoms with E-state index >= 15 is 0 Å². The van der Waals surface area contributed by atoms with Crippen LogP contribution in [-0.4, -0.2) is 14.5 Å². The zero-order valence-electron chi connectivity index (χ0n) is 10.8. The molecule has 2 aromatic rings. The first-order chi connectivity index (χ1) is 8.74. The minimum absolute atomic E-state index is 0.0550. The lowest BCUT2D eigenvalue weighted by Gasteiger charge is -2.16. The number of nitrogens with two attached hydrogens (primary N) is 1. The largest absolute Gasteiger partial charge is 0.335 e. The average molecular weight is 245 g/mol. The molecular formula is C13H19N5. The Kier molecular flexibility index (Phi) is 4.07. The molecule has 0 saturated heterocycles. The van der Waals surface area contributed by atoms with Gasteiger partial charge >= 0.3 is 0 Å². The summed E-state index contributed by atoms with van der Waals surface area (Å²) in [5.74, 6) is 6.69. The molecule has 0 saturated carbocycles. The summed E-state index contributed by atoms with van der Waals surface area (Å²) >= 11 is 0. The lowest BCUT2D eigenvalue weighted by atomic mass is 10.0. The van der Waals surface area contributed by atoms with Crippen molar-refractivity contribution in [2.45, 2.75) is 32.9 Å². The predicted molar refractivity (Wildman–Crippen MR) is 70.6 cm³/mol. The highest BCUT2D eigenvalue weighted by Crippen LogP contribution is 2.17. The summed E-state index contributed by atoms with van der Waals surface area (Å²) in [6.45, 7) is 5.00. The molecule has 5 nitrogen and oxygen atoms in total. The van der Waals surface area contributed by atoms with Crippen molar-refractivity contribution in [3.05, 3.63) is 47.8 Å². The van der Waals surface area contributed by atoms with Gasteiger partial charge in [-0.25, -0.2) is 4.98 Å². The Labute approximate surface area is 107 Å². The van der Waals surface area contributed by atoms with Crippen LogP contribution in [0.1, 0.15) is 30.0 Å². The number of hydrogen-bond acceptors (Lipinski definition) is 4. The van der Waals surface area contributed by atoms with E-state index in [4.69, 9.17) is 5.84 Å². The van der Waals surface area contributed by atoms with Crippen molar-refractivity contribution in [3.63, 3.8) is 0 Å². The molecule has 2 heterocycles. The van der Waals surface area contributed by atoms with Gasteiger partial charge in [0.1, 0.15) is 5.82 Å². The normalized spacial score (nSPS) is 12.6. The zero-order valence-corrected chi connectivity index (χ0v) is 10.8. The van der Waals surface area contributed by atoms with Crippen LogP contribution in [-0.2, 0) is 13.0 Å².